The van der Waals surface area contributed by atoms with Gasteiger partial charge in [-0.05, 0) is 45.3 Å². The number of rotatable bonds is 2. The van der Waals surface area contributed by atoms with Crippen LogP contribution in [0.5, 0.6) is 0 Å². The molecular formula is C20H27NO2. The largest absolute Gasteiger partial charge is 0.483 e. The van der Waals surface area contributed by atoms with Crippen LogP contribution in [0.15, 0.2) is 35.8 Å². The molecule has 1 aliphatic carbocycles. The molecule has 1 aromatic rings. The summed E-state index contributed by atoms with van der Waals surface area (Å²) < 4.78 is 8.46. The van der Waals surface area contributed by atoms with Gasteiger partial charge < -0.3 is 9.30 Å². The van der Waals surface area contributed by atoms with E-state index in [0.29, 0.717) is 5.22 Å². The Morgan fingerprint density at radius 2 is 2.04 bits per heavy atom. The van der Waals surface area contributed by atoms with Gasteiger partial charge in [0.05, 0.1) is 11.9 Å². The maximum absolute atomic E-state index is 12.4. The van der Waals surface area contributed by atoms with Gasteiger partial charge in [0, 0.05) is 17.0 Å². The van der Waals surface area contributed by atoms with Crippen LogP contribution in [0.4, 0.5) is 0 Å². The molecule has 3 rings (SSSR count). The average Bonchev–Trinajstić information content (AvgIpc) is 2.52. The molecule has 0 bridgehead atoms. The average molecular weight is 313 g/mol. The van der Waals surface area contributed by atoms with Gasteiger partial charge in [0.1, 0.15) is 11.4 Å². The lowest BCUT2D eigenvalue weighted by molar-refractivity contribution is -0.0559. The number of hydrogen-bond donors (Lipinski definition) is 0. The second kappa shape index (κ2) is 7.03. The molecule has 0 N–H and O–H groups in total. The number of aromatic nitrogens is 1. The lowest BCUT2D eigenvalue weighted by atomic mass is 9.79. The Bertz CT molecular complexity index is 792. The van der Waals surface area contributed by atoms with Crippen LogP contribution in [-0.4, -0.2) is 10.2 Å². The number of allylic oxidation sites excluding steroid dienone is 2. The Balaban J connectivity index is 0.000000924. The van der Waals surface area contributed by atoms with Gasteiger partial charge >= 0.3 is 0 Å². The number of pyridine rings is 1. The summed E-state index contributed by atoms with van der Waals surface area (Å²) in [6.07, 6.45) is 12.7. The lowest BCUT2D eigenvalue weighted by Gasteiger charge is -2.45. The van der Waals surface area contributed by atoms with Gasteiger partial charge in [-0.2, -0.15) is 0 Å². The molecule has 0 amide bonds. The first-order valence-electron chi connectivity index (χ1n) is 8.49. The zero-order valence-corrected chi connectivity index (χ0v) is 14.7. The van der Waals surface area contributed by atoms with Crippen LogP contribution in [0.1, 0.15) is 45.6 Å². The van der Waals surface area contributed by atoms with Gasteiger partial charge in [-0.15, -0.1) is 0 Å². The summed E-state index contributed by atoms with van der Waals surface area (Å²) in [7, 11) is 0. The van der Waals surface area contributed by atoms with E-state index in [1.165, 1.54) is 6.42 Å². The molecule has 124 valence electrons. The topological polar surface area (TPSA) is 31.2 Å². The van der Waals surface area contributed by atoms with Crippen molar-refractivity contribution >= 4 is 11.8 Å². The highest BCUT2D eigenvalue weighted by Gasteiger charge is 2.42. The van der Waals surface area contributed by atoms with Crippen molar-refractivity contribution in [2.75, 3.05) is 0 Å². The van der Waals surface area contributed by atoms with Crippen molar-refractivity contribution in [3.63, 3.8) is 0 Å². The molecular weight excluding hydrogens is 286 g/mol. The minimum atomic E-state index is -0.0746. The molecule has 1 aromatic heterocycles. The maximum atomic E-state index is 12.4. The van der Waals surface area contributed by atoms with E-state index in [9.17, 15) is 4.79 Å². The molecule has 3 heteroatoms. The predicted molar refractivity (Wildman–Crippen MR) is 96.6 cm³/mol. The molecule has 2 aliphatic rings. The minimum Gasteiger partial charge on any atom is -0.483 e. The van der Waals surface area contributed by atoms with Crippen molar-refractivity contribution in [2.24, 2.45) is 0 Å². The van der Waals surface area contributed by atoms with Crippen molar-refractivity contribution in [1.29, 1.82) is 0 Å². The Morgan fingerprint density at radius 3 is 2.57 bits per heavy atom. The molecule has 2 heterocycles. The van der Waals surface area contributed by atoms with E-state index in [-0.39, 0.29) is 11.0 Å². The lowest BCUT2D eigenvalue weighted by Crippen LogP contribution is -2.56. The first kappa shape index (κ1) is 17.3. The summed E-state index contributed by atoms with van der Waals surface area (Å²) in [4.78, 5) is 12.4. The molecule has 1 saturated carbocycles. The number of aryl methyl sites for hydroxylation is 1. The summed E-state index contributed by atoms with van der Waals surface area (Å²) >= 11 is 0. The Kier molecular flexibility index (Phi) is 5.30. The highest BCUT2D eigenvalue weighted by atomic mass is 16.5. The predicted octanol–water partition coefficient (Wildman–Crippen LogP) is 2.79. The summed E-state index contributed by atoms with van der Waals surface area (Å²) in [5.74, 6) is 0.800. The fourth-order valence-electron chi connectivity index (χ4n) is 3.22. The van der Waals surface area contributed by atoms with E-state index >= 15 is 0 Å². The van der Waals surface area contributed by atoms with E-state index in [4.69, 9.17) is 4.74 Å². The second-order valence-electron chi connectivity index (χ2n) is 5.94. The summed E-state index contributed by atoms with van der Waals surface area (Å²) in [5, 5.41) is 1.55. The third kappa shape index (κ3) is 3.05. The normalized spacial score (nSPS) is 18.8. The zero-order chi connectivity index (χ0) is 17.0. The van der Waals surface area contributed by atoms with Crippen molar-refractivity contribution in [2.45, 2.75) is 59.1 Å². The van der Waals surface area contributed by atoms with Crippen LogP contribution in [0, 0.1) is 6.92 Å². The van der Waals surface area contributed by atoms with Gasteiger partial charge in [-0.3, -0.25) is 4.79 Å². The van der Waals surface area contributed by atoms with E-state index in [1.807, 2.05) is 46.0 Å². The summed E-state index contributed by atoms with van der Waals surface area (Å²) in [6.45, 7) is 12.4. The zero-order valence-electron chi connectivity index (χ0n) is 14.7. The van der Waals surface area contributed by atoms with E-state index in [2.05, 4.69) is 11.1 Å². The second-order valence-corrected chi connectivity index (χ2v) is 5.94. The highest BCUT2D eigenvalue weighted by Crippen LogP contribution is 2.40. The quantitative estimate of drug-likeness (QED) is 0.841. The maximum Gasteiger partial charge on any atom is 0.192 e. The van der Waals surface area contributed by atoms with Crippen molar-refractivity contribution in [3.05, 3.63) is 57.4 Å². The van der Waals surface area contributed by atoms with E-state index in [0.717, 1.165) is 36.1 Å². The van der Waals surface area contributed by atoms with Gasteiger partial charge in [-0.1, -0.05) is 32.6 Å². The molecule has 0 saturated heterocycles. The SMILES string of the molecule is C=C/C=c1/c(=O)c(C)cn2/c1=C(/C=C\C)OC1(CCC1)C2.CC. The third-order valence-electron chi connectivity index (χ3n) is 4.38. The van der Waals surface area contributed by atoms with Crippen molar-refractivity contribution < 1.29 is 4.74 Å². The minimum absolute atomic E-state index is 0.0521. The van der Waals surface area contributed by atoms with Crippen LogP contribution in [-0.2, 0) is 11.3 Å². The standard InChI is InChI=1S/C18H21NO2.C2H6/c1-4-7-14-16-15(8-5-2)21-18(9-6-10-18)12-19(16)11-13(3)17(14)20;1-2/h4-5,7-8,11H,1,6,9-10,12H2,2-3H3;1-2H3/b8-5-,14-7+;. The van der Waals surface area contributed by atoms with Crippen LogP contribution in [0.25, 0.3) is 11.8 Å². The Labute approximate surface area is 138 Å². The molecule has 0 unspecified atom stereocenters. The Hall–Kier alpha value is -2.03. The van der Waals surface area contributed by atoms with Crippen LogP contribution >= 0.6 is 0 Å². The van der Waals surface area contributed by atoms with Crippen LogP contribution < -0.4 is 16.0 Å². The van der Waals surface area contributed by atoms with E-state index < -0.39 is 0 Å². The molecule has 1 fully saturated rings. The monoisotopic (exact) mass is 313 g/mol. The first-order valence-corrected chi connectivity index (χ1v) is 8.49. The van der Waals surface area contributed by atoms with Gasteiger partial charge in [-0.25, -0.2) is 0 Å². The molecule has 0 radical (unpaired) electrons. The number of hydrogen-bond acceptors (Lipinski definition) is 2. The number of ether oxygens (including phenoxy) is 1. The molecule has 0 atom stereocenters. The molecule has 1 spiro atoms. The molecule has 23 heavy (non-hydrogen) atoms. The van der Waals surface area contributed by atoms with Gasteiger partial charge in [0.25, 0.3) is 0 Å². The first-order chi connectivity index (χ1) is 11.1. The Morgan fingerprint density at radius 1 is 1.35 bits per heavy atom. The number of fused-ring (bicyclic) bond motifs is 1. The fourth-order valence-corrected chi connectivity index (χ4v) is 3.22. The van der Waals surface area contributed by atoms with Crippen molar-refractivity contribution in [1.82, 2.24) is 4.57 Å². The molecule has 3 nitrogen and oxygen atoms in total. The third-order valence-corrected chi connectivity index (χ3v) is 4.38. The molecule has 0 aromatic carbocycles. The summed E-state index contributed by atoms with van der Waals surface area (Å²) in [6, 6.07) is 0. The van der Waals surface area contributed by atoms with Crippen LogP contribution in [0.3, 0.4) is 0 Å². The smallest absolute Gasteiger partial charge is 0.192 e. The van der Waals surface area contributed by atoms with Crippen molar-refractivity contribution in [3.8, 4) is 0 Å². The van der Waals surface area contributed by atoms with Gasteiger partial charge in [0.2, 0.25) is 0 Å². The number of nitrogens with zero attached hydrogens (tertiary/aromatic N) is 1. The molecule has 1 aliphatic heterocycles. The summed E-state index contributed by atoms with van der Waals surface area (Å²) in [5.41, 5.74) is 0.744. The highest BCUT2D eigenvalue weighted by molar-refractivity contribution is 5.52. The van der Waals surface area contributed by atoms with E-state index in [1.54, 1.807) is 12.2 Å². The fraction of sp³-hybridized carbons (Fsp3) is 0.450. The van der Waals surface area contributed by atoms with Crippen LogP contribution in [0.2, 0.25) is 0 Å². The van der Waals surface area contributed by atoms with Gasteiger partial charge in [0.15, 0.2) is 5.43 Å².